The lowest BCUT2D eigenvalue weighted by Crippen LogP contribution is -2.24. The second-order valence-corrected chi connectivity index (χ2v) is 5.55. The van der Waals surface area contributed by atoms with Gasteiger partial charge in [0, 0.05) is 6.04 Å². The summed E-state index contributed by atoms with van der Waals surface area (Å²) in [5.74, 6) is 1.69. The van der Waals surface area contributed by atoms with Crippen LogP contribution >= 0.6 is 0 Å². The van der Waals surface area contributed by atoms with Crippen LogP contribution in [0.4, 0.5) is 0 Å². The van der Waals surface area contributed by atoms with Crippen LogP contribution in [0.15, 0.2) is 24.3 Å². The van der Waals surface area contributed by atoms with Gasteiger partial charge in [-0.1, -0.05) is 39.8 Å². The van der Waals surface area contributed by atoms with Gasteiger partial charge in [0.2, 0.25) is 0 Å². The molecule has 1 rings (SSSR count). The van der Waals surface area contributed by atoms with Gasteiger partial charge in [-0.25, -0.2) is 0 Å². The van der Waals surface area contributed by atoms with Crippen LogP contribution in [-0.2, 0) is 6.42 Å². The van der Waals surface area contributed by atoms with Crippen molar-refractivity contribution in [3.8, 4) is 5.75 Å². The third kappa shape index (κ3) is 6.65. The Labute approximate surface area is 112 Å². The van der Waals surface area contributed by atoms with E-state index in [0.29, 0.717) is 12.0 Å². The third-order valence-corrected chi connectivity index (χ3v) is 2.71. The first-order chi connectivity index (χ1) is 8.58. The average molecular weight is 249 g/mol. The molecule has 1 N–H and O–H groups in total. The Morgan fingerprint density at radius 1 is 1.06 bits per heavy atom. The zero-order chi connectivity index (χ0) is 13.4. The van der Waals surface area contributed by atoms with Gasteiger partial charge in [0.15, 0.2) is 0 Å². The minimum Gasteiger partial charge on any atom is -0.494 e. The van der Waals surface area contributed by atoms with E-state index >= 15 is 0 Å². The molecule has 0 heterocycles. The smallest absolute Gasteiger partial charge is 0.119 e. The fourth-order valence-electron chi connectivity index (χ4n) is 1.85. The van der Waals surface area contributed by atoms with Gasteiger partial charge < -0.3 is 10.1 Å². The van der Waals surface area contributed by atoms with Gasteiger partial charge in [-0.15, -0.1) is 0 Å². The van der Waals surface area contributed by atoms with E-state index in [1.165, 1.54) is 5.56 Å². The minimum atomic E-state index is 0.556. The summed E-state index contributed by atoms with van der Waals surface area (Å²) in [6, 6.07) is 9.05. The largest absolute Gasteiger partial charge is 0.494 e. The summed E-state index contributed by atoms with van der Waals surface area (Å²) in [6.07, 6.45) is 2.19. The quantitative estimate of drug-likeness (QED) is 0.710. The Morgan fingerprint density at radius 2 is 1.72 bits per heavy atom. The van der Waals surface area contributed by atoms with E-state index in [2.05, 4.69) is 57.3 Å². The first-order valence-electron chi connectivity index (χ1n) is 7.03. The van der Waals surface area contributed by atoms with E-state index < -0.39 is 0 Å². The van der Waals surface area contributed by atoms with Gasteiger partial charge >= 0.3 is 0 Å². The molecule has 0 fully saturated rings. The minimum absolute atomic E-state index is 0.556. The Hall–Kier alpha value is -1.02. The van der Waals surface area contributed by atoms with Crippen LogP contribution in [0.1, 0.15) is 39.7 Å². The van der Waals surface area contributed by atoms with Crippen molar-refractivity contribution in [1.29, 1.82) is 0 Å². The number of benzene rings is 1. The van der Waals surface area contributed by atoms with Crippen LogP contribution in [-0.4, -0.2) is 19.2 Å². The molecule has 0 saturated carbocycles. The highest BCUT2D eigenvalue weighted by atomic mass is 16.5. The van der Waals surface area contributed by atoms with Crippen LogP contribution in [0.3, 0.4) is 0 Å². The van der Waals surface area contributed by atoms with Crippen LogP contribution in [0, 0.1) is 5.92 Å². The Kier molecular flexibility index (Phi) is 6.81. The molecule has 0 saturated heterocycles. The molecule has 0 bridgehead atoms. The number of hydrogen-bond acceptors (Lipinski definition) is 2. The van der Waals surface area contributed by atoms with Crippen LogP contribution < -0.4 is 10.1 Å². The molecule has 18 heavy (non-hydrogen) atoms. The molecular formula is C16H27NO. The van der Waals surface area contributed by atoms with Crippen LogP contribution in [0.25, 0.3) is 0 Å². The highest BCUT2D eigenvalue weighted by Crippen LogP contribution is 2.14. The molecule has 0 spiro atoms. The number of nitrogens with one attached hydrogen (secondary N) is 1. The monoisotopic (exact) mass is 249 g/mol. The van der Waals surface area contributed by atoms with E-state index in [-0.39, 0.29) is 0 Å². The number of ether oxygens (including phenoxy) is 1. The molecule has 2 nitrogen and oxygen atoms in total. The lowest BCUT2D eigenvalue weighted by atomic mass is 10.0. The zero-order valence-corrected chi connectivity index (χ0v) is 12.2. The van der Waals surface area contributed by atoms with E-state index in [9.17, 15) is 0 Å². The maximum absolute atomic E-state index is 5.71. The summed E-state index contributed by atoms with van der Waals surface area (Å²) >= 11 is 0. The highest BCUT2D eigenvalue weighted by molar-refractivity contribution is 5.27. The SMILES string of the molecule is CC(C)Cc1ccc(OCCCNC(C)C)cc1. The molecule has 102 valence electrons. The predicted octanol–water partition coefficient (Wildman–Crippen LogP) is 3.65. The molecule has 0 aromatic heterocycles. The molecule has 0 amide bonds. The summed E-state index contributed by atoms with van der Waals surface area (Å²) in [4.78, 5) is 0. The van der Waals surface area contributed by atoms with Gasteiger partial charge in [-0.3, -0.25) is 0 Å². The van der Waals surface area contributed by atoms with E-state index in [1.54, 1.807) is 0 Å². The Bertz CT molecular complexity index is 316. The standard InChI is InChI=1S/C16H27NO/c1-13(2)12-15-6-8-16(9-7-15)18-11-5-10-17-14(3)4/h6-9,13-14,17H,5,10-12H2,1-4H3. The van der Waals surface area contributed by atoms with Gasteiger partial charge in [0.05, 0.1) is 6.61 Å². The topological polar surface area (TPSA) is 21.3 Å². The van der Waals surface area contributed by atoms with Crippen molar-refractivity contribution >= 4 is 0 Å². The second-order valence-electron chi connectivity index (χ2n) is 5.55. The Balaban J connectivity index is 2.22. The third-order valence-electron chi connectivity index (χ3n) is 2.71. The first kappa shape index (κ1) is 15.0. The second kappa shape index (κ2) is 8.15. The fraction of sp³-hybridized carbons (Fsp3) is 0.625. The van der Waals surface area contributed by atoms with Crippen LogP contribution in [0.2, 0.25) is 0 Å². The maximum Gasteiger partial charge on any atom is 0.119 e. The zero-order valence-electron chi connectivity index (χ0n) is 12.2. The molecule has 1 aromatic rings. The van der Waals surface area contributed by atoms with Crippen molar-refractivity contribution in [3.63, 3.8) is 0 Å². The molecule has 0 aliphatic heterocycles. The fourth-order valence-corrected chi connectivity index (χ4v) is 1.85. The summed E-state index contributed by atoms with van der Waals surface area (Å²) in [5.41, 5.74) is 1.39. The molecule has 1 aromatic carbocycles. The van der Waals surface area contributed by atoms with Crippen molar-refractivity contribution < 1.29 is 4.74 Å². The van der Waals surface area contributed by atoms with Crippen molar-refractivity contribution in [2.45, 2.75) is 46.6 Å². The van der Waals surface area contributed by atoms with E-state index in [4.69, 9.17) is 4.74 Å². The first-order valence-corrected chi connectivity index (χ1v) is 7.03. The van der Waals surface area contributed by atoms with E-state index in [0.717, 1.165) is 31.7 Å². The predicted molar refractivity (Wildman–Crippen MR) is 78.2 cm³/mol. The lowest BCUT2D eigenvalue weighted by molar-refractivity contribution is 0.306. The molecule has 0 aliphatic carbocycles. The van der Waals surface area contributed by atoms with E-state index in [1.807, 2.05) is 0 Å². The van der Waals surface area contributed by atoms with Gasteiger partial charge in [0.25, 0.3) is 0 Å². The van der Waals surface area contributed by atoms with Gasteiger partial charge in [-0.2, -0.15) is 0 Å². The van der Waals surface area contributed by atoms with Crippen LogP contribution in [0.5, 0.6) is 5.75 Å². The average Bonchev–Trinajstić information content (AvgIpc) is 2.30. The van der Waals surface area contributed by atoms with Crippen molar-refractivity contribution in [1.82, 2.24) is 5.32 Å². The molecule has 0 unspecified atom stereocenters. The highest BCUT2D eigenvalue weighted by Gasteiger charge is 1.99. The number of hydrogen-bond donors (Lipinski definition) is 1. The van der Waals surface area contributed by atoms with Crippen molar-refractivity contribution in [3.05, 3.63) is 29.8 Å². The Morgan fingerprint density at radius 3 is 2.28 bits per heavy atom. The summed E-state index contributed by atoms with van der Waals surface area (Å²) < 4.78 is 5.71. The summed E-state index contributed by atoms with van der Waals surface area (Å²) in [7, 11) is 0. The molecule has 2 heteroatoms. The molecular weight excluding hydrogens is 222 g/mol. The molecule has 0 radical (unpaired) electrons. The maximum atomic E-state index is 5.71. The van der Waals surface area contributed by atoms with Crippen molar-refractivity contribution in [2.75, 3.05) is 13.2 Å². The summed E-state index contributed by atoms with van der Waals surface area (Å²) in [6.45, 7) is 10.6. The normalized spacial score (nSPS) is 11.2. The van der Waals surface area contributed by atoms with Gasteiger partial charge in [0.1, 0.15) is 5.75 Å². The molecule has 0 atom stereocenters. The summed E-state index contributed by atoms with van der Waals surface area (Å²) in [5, 5.41) is 3.38. The van der Waals surface area contributed by atoms with Gasteiger partial charge in [-0.05, 0) is 43.0 Å². The molecule has 0 aliphatic rings. The number of rotatable bonds is 8. The van der Waals surface area contributed by atoms with Crippen molar-refractivity contribution in [2.24, 2.45) is 5.92 Å². The lowest BCUT2D eigenvalue weighted by Gasteiger charge is -2.10.